The highest BCUT2D eigenvalue weighted by atomic mass is 19.1. The number of hydrogen-bond donors (Lipinski definition) is 1. The number of piperidine rings is 1. The fourth-order valence-corrected chi connectivity index (χ4v) is 3.74. The Kier molecular flexibility index (Phi) is 7.69. The number of nitrogens with one attached hydrogen (secondary N) is 1. The van der Waals surface area contributed by atoms with Crippen molar-refractivity contribution in [2.75, 3.05) is 39.6 Å². The number of aliphatic imine (C=N–C) groups is 1. The van der Waals surface area contributed by atoms with Crippen molar-refractivity contribution in [3.8, 4) is 5.75 Å². The summed E-state index contributed by atoms with van der Waals surface area (Å²) < 4.78 is 29.9. The smallest absolute Gasteiger partial charge is 0.309 e. The standard InChI is InChI=1S/C21H30FN3O4/c1-3-23-21(25-9-6-15(7-10-25)20(26)28-4-2)24-8-5-16-11-18(22)12-17-13-27-14-29-19(16)17/h11-12,15H,3-10,13-14H2,1-2H3,(H,23,24). The highest BCUT2D eigenvalue weighted by molar-refractivity contribution is 5.80. The molecule has 1 fully saturated rings. The molecule has 0 aromatic heterocycles. The van der Waals surface area contributed by atoms with Gasteiger partial charge in [0.2, 0.25) is 0 Å². The van der Waals surface area contributed by atoms with Crippen LogP contribution in [0.2, 0.25) is 0 Å². The number of carbonyl (C=O) groups excluding carboxylic acids is 1. The summed E-state index contributed by atoms with van der Waals surface area (Å²) in [6, 6.07) is 2.97. The molecule has 3 rings (SSSR count). The first-order valence-electron chi connectivity index (χ1n) is 10.3. The molecule has 0 amide bonds. The van der Waals surface area contributed by atoms with Gasteiger partial charge in [-0.2, -0.15) is 0 Å². The van der Waals surface area contributed by atoms with Gasteiger partial charge in [-0.3, -0.25) is 9.79 Å². The van der Waals surface area contributed by atoms with Crippen LogP contribution in [0.5, 0.6) is 5.75 Å². The van der Waals surface area contributed by atoms with E-state index in [4.69, 9.17) is 19.2 Å². The minimum atomic E-state index is -0.287. The molecule has 8 heteroatoms. The second kappa shape index (κ2) is 10.4. The maximum atomic E-state index is 13.9. The topological polar surface area (TPSA) is 72.4 Å². The van der Waals surface area contributed by atoms with Crippen LogP contribution in [-0.4, -0.2) is 56.4 Å². The van der Waals surface area contributed by atoms with Gasteiger partial charge in [-0.25, -0.2) is 4.39 Å². The predicted octanol–water partition coefficient (Wildman–Crippen LogP) is 2.48. The number of fused-ring (bicyclic) bond motifs is 1. The van der Waals surface area contributed by atoms with E-state index in [0.717, 1.165) is 49.6 Å². The first-order chi connectivity index (χ1) is 14.1. The summed E-state index contributed by atoms with van der Waals surface area (Å²) in [5, 5.41) is 3.32. The van der Waals surface area contributed by atoms with Crippen LogP contribution in [-0.2, 0) is 27.3 Å². The van der Waals surface area contributed by atoms with Gasteiger partial charge in [0.15, 0.2) is 12.8 Å². The van der Waals surface area contributed by atoms with E-state index < -0.39 is 0 Å². The lowest BCUT2D eigenvalue weighted by atomic mass is 9.97. The number of rotatable bonds is 6. The Hall–Kier alpha value is -2.35. The average molecular weight is 407 g/mol. The fraction of sp³-hybridized carbons (Fsp3) is 0.619. The second-order valence-electron chi connectivity index (χ2n) is 7.16. The highest BCUT2D eigenvalue weighted by Gasteiger charge is 2.27. The number of halogens is 1. The van der Waals surface area contributed by atoms with E-state index in [1.807, 2.05) is 13.8 Å². The van der Waals surface area contributed by atoms with Gasteiger partial charge in [-0.15, -0.1) is 0 Å². The molecule has 2 aliphatic heterocycles. The molecular formula is C21H30FN3O4. The molecule has 7 nitrogen and oxygen atoms in total. The molecule has 1 aromatic carbocycles. The Morgan fingerprint density at radius 3 is 2.86 bits per heavy atom. The summed E-state index contributed by atoms with van der Waals surface area (Å²) >= 11 is 0. The summed E-state index contributed by atoms with van der Waals surface area (Å²) in [6.45, 7) is 7.61. The molecule has 0 bridgehead atoms. The number of nitrogens with zero attached hydrogens (tertiary/aromatic N) is 2. The van der Waals surface area contributed by atoms with Crippen LogP contribution in [0.1, 0.15) is 37.8 Å². The Morgan fingerprint density at radius 2 is 2.14 bits per heavy atom. The molecule has 1 saturated heterocycles. The molecule has 0 atom stereocenters. The number of esters is 1. The van der Waals surface area contributed by atoms with Crippen molar-refractivity contribution >= 4 is 11.9 Å². The van der Waals surface area contributed by atoms with Gasteiger partial charge in [0, 0.05) is 31.7 Å². The molecule has 0 spiro atoms. The van der Waals surface area contributed by atoms with E-state index >= 15 is 0 Å². The molecule has 0 unspecified atom stereocenters. The number of hydrogen-bond acceptors (Lipinski definition) is 5. The third-order valence-corrected chi connectivity index (χ3v) is 5.14. The monoisotopic (exact) mass is 407 g/mol. The zero-order valence-corrected chi connectivity index (χ0v) is 17.2. The third-order valence-electron chi connectivity index (χ3n) is 5.14. The first kappa shape index (κ1) is 21.4. The molecule has 0 aliphatic carbocycles. The minimum absolute atomic E-state index is 0.0349. The highest BCUT2D eigenvalue weighted by Crippen LogP contribution is 2.29. The number of likely N-dealkylation sites (tertiary alicyclic amines) is 1. The van der Waals surface area contributed by atoms with Crippen LogP contribution in [0.3, 0.4) is 0 Å². The maximum Gasteiger partial charge on any atom is 0.309 e. The largest absolute Gasteiger partial charge is 0.467 e. The Balaban J connectivity index is 1.61. The molecule has 2 heterocycles. The molecule has 1 N–H and O–H groups in total. The molecule has 0 saturated carbocycles. The van der Waals surface area contributed by atoms with Crippen molar-refractivity contribution in [3.05, 3.63) is 29.1 Å². The Bertz CT molecular complexity index is 733. The number of guanidine groups is 1. The van der Waals surface area contributed by atoms with Gasteiger partial charge in [0.1, 0.15) is 11.6 Å². The van der Waals surface area contributed by atoms with E-state index in [-0.39, 0.29) is 24.5 Å². The van der Waals surface area contributed by atoms with Crippen LogP contribution in [0, 0.1) is 11.7 Å². The molecule has 160 valence electrons. The quantitative estimate of drug-likeness (QED) is 0.444. The van der Waals surface area contributed by atoms with Crippen LogP contribution in [0.15, 0.2) is 17.1 Å². The van der Waals surface area contributed by atoms with E-state index in [9.17, 15) is 9.18 Å². The summed E-state index contributed by atoms with van der Waals surface area (Å²) in [4.78, 5) is 18.8. The van der Waals surface area contributed by atoms with E-state index in [1.165, 1.54) is 12.1 Å². The van der Waals surface area contributed by atoms with Crippen molar-refractivity contribution in [2.24, 2.45) is 10.9 Å². The van der Waals surface area contributed by atoms with Crippen molar-refractivity contribution in [1.29, 1.82) is 0 Å². The molecular weight excluding hydrogens is 377 g/mol. The molecule has 2 aliphatic rings. The van der Waals surface area contributed by atoms with E-state index in [2.05, 4.69) is 10.2 Å². The zero-order valence-electron chi connectivity index (χ0n) is 17.2. The van der Waals surface area contributed by atoms with Gasteiger partial charge in [0.05, 0.1) is 19.1 Å². The molecule has 0 radical (unpaired) electrons. The van der Waals surface area contributed by atoms with Crippen molar-refractivity contribution in [2.45, 2.75) is 39.7 Å². The predicted molar refractivity (Wildman–Crippen MR) is 107 cm³/mol. The lowest BCUT2D eigenvalue weighted by Gasteiger charge is -2.33. The van der Waals surface area contributed by atoms with Crippen LogP contribution >= 0.6 is 0 Å². The lowest BCUT2D eigenvalue weighted by molar-refractivity contribution is -0.149. The zero-order chi connectivity index (χ0) is 20.6. The van der Waals surface area contributed by atoms with E-state index in [0.29, 0.717) is 31.9 Å². The maximum absolute atomic E-state index is 13.9. The first-order valence-corrected chi connectivity index (χ1v) is 10.3. The number of benzene rings is 1. The van der Waals surface area contributed by atoms with Crippen LogP contribution in [0.4, 0.5) is 4.39 Å². The lowest BCUT2D eigenvalue weighted by Crippen LogP contribution is -2.46. The van der Waals surface area contributed by atoms with E-state index in [1.54, 1.807) is 0 Å². The fourth-order valence-electron chi connectivity index (χ4n) is 3.74. The van der Waals surface area contributed by atoms with Crippen molar-refractivity contribution < 1.29 is 23.4 Å². The average Bonchev–Trinajstić information content (AvgIpc) is 2.73. The summed E-state index contributed by atoms with van der Waals surface area (Å²) in [6.07, 6.45) is 2.09. The number of ether oxygens (including phenoxy) is 3. The summed E-state index contributed by atoms with van der Waals surface area (Å²) in [5.41, 5.74) is 1.55. The molecule has 1 aromatic rings. The van der Waals surface area contributed by atoms with Gasteiger partial charge >= 0.3 is 5.97 Å². The van der Waals surface area contributed by atoms with Crippen molar-refractivity contribution in [1.82, 2.24) is 10.2 Å². The third kappa shape index (κ3) is 5.59. The van der Waals surface area contributed by atoms with Crippen LogP contribution < -0.4 is 10.1 Å². The Labute approximate surface area is 171 Å². The summed E-state index contributed by atoms with van der Waals surface area (Å²) in [5.74, 6) is 1.11. The van der Waals surface area contributed by atoms with Crippen LogP contribution in [0.25, 0.3) is 0 Å². The van der Waals surface area contributed by atoms with Gasteiger partial charge < -0.3 is 24.4 Å². The van der Waals surface area contributed by atoms with Gasteiger partial charge in [-0.05, 0) is 50.8 Å². The second-order valence-corrected chi connectivity index (χ2v) is 7.16. The van der Waals surface area contributed by atoms with Crippen molar-refractivity contribution in [3.63, 3.8) is 0 Å². The minimum Gasteiger partial charge on any atom is -0.467 e. The number of carbonyl (C=O) groups is 1. The summed E-state index contributed by atoms with van der Waals surface area (Å²) in [7, 11) is 0. The van der Waals surface area contributed by atoms with Gasteiger partial charge in [0.25, 0.3) is 0 Å². The molecule has 29 heavy (non-hydrogen) atoms. The normalized spacial score (nSPS) is 17.5. The SMILES string of the molecule is CCNC(=NCCc1cc(F)cc2c1OCOC2)N1CCC(C(=O)OCC)CC1. The van der Waals surface area contributed by atoms with Gasteiger partial charge in [-0.1, -0.05) is 0 Å². The Morgan fingerprint density at radius 1 is 1.34 bits per heavy atom.